The lowest BCUT2D eigenvalue weighted by Gasteiger charge is -2.33. The first kappa shape index (κ1) is 17.7. The number of quaternary nitrogens is 1. The van der Waals surface area contributed by atoms with E-state index in [0.29, 0.717) is 43.5 Å². The van der Waals surface area contributed by atoms with Gasteiger partial charge in [0.2, 0.25) is 5.91 Å². The van der Waals surface area contributed by atoms with Gasteiger partial charge in [0.1, 0.15) is 0 Å². The molecule has 0 bridgehead atoms. The quantitative estimate of drug-likeness (QED) is 0.783. The summed E-state index contributed by atoms with van der Waals surface area (Å²) >= 11 is 5.87. The van der Waals surface area contributed by atoms with Gasteiger partial charge < -0.3 is 9.64 Å². The molecular weight excluding hydrogens is 346 g/mol. The van der Waals surface area contributed by atoms with Crippen LogP contribution in [0, 0.1) is 0 Å². The third-order valence-corrected chi connectivity index (χ3v) is 4.91. The van der Waals surface area contributed by atoms with E-state index in [0.717, 1.165) is 4.90 Å². The number of carbonyl (C=O) groups is 3. The number of imide groups is 1. The lowest BCUT2D eigenvalue weighted by atomic mass is 10.2. The molecule has 2 saturated heterocycles. The van der Waals surface area contributed by atoms with Crippen LogP contribution in [0.5, 0.6) is 0 Å². The molecule has 2 fully saturated rings. The van der Waals surface area contributed by atoms with Crippen LogP contribution in [0.3, 0.4) is 0 Å². The number of piperazine rings is 1. The molecule has 0 aliphatic carbocycles. The Morgan fingerprint density at radius 2 is 1.88 bits per heavy atom. The monoisotopic (exact) mass is 366 g/mol. The van der Waals surface area contributed by atoms with Crippen molar-refractivity contribution in [3.63, 3.8) is 0 Å². The van der Waals surface area contributed by atoms with Gasteiger partial charge in [-0.3, -0.25) is 14.5 Å². The van der Waals surface area contributed by atoms with Gasteiger partial charge >= 0.3 is 6.09 Å². The average molecular weight is 367 g/mol. The normalized spacial score (nSPS) is 21.8. The van der Waals surface area contributed by atoms with E-state index in [9.17, 15) is 14.4 Å². The second-order valence-corrected chi connectivity index (χ2v) is 6.58. The van der Waals surface area contributed by atoms with Crippen LogP contribution in [0.4, 0.5) is 10.5 Å². The van der Waals surface area contributed by atoms with Gasteiger partial charge in [-0.2, -0.15) is 0 Å². The zero-order valence-electron chi connectivity index (χ0n) is 14.0. The van der Waals surface area contributed by atoms with Crippen LogP contribution >= 0.6 is 11.6 Å². The number of ether oxygens (including phenoxy) is 1. The van der Waals surface area contributed by atoms with Gasteiger partial charge in [-0.15, -0.1) is 0 Å². The summed E-state index contributed by atoms with van der Waals surface area (Å²) in [7, 11) is 0. The van der Waals surface area contributed by atoms with Crippen molar-refractivity contribution in [3.8, 4) is 0 Å². The Kier molecular flexibility index (Phi) is 5.24. The highest BCUT2D eigenvalue weighted by molar-refractivity contribution is 6.30. The first-order valence-corrected chi connectivity index (χ1v) is 8.77. The first-order valence-electron chi connectivity index (χ1n) is 8.40. The molecule has 25 heavy (non-hydrogen) atoms. The number of carbonyl (C=O) groups excluding carboxylic acids is 3. The van der Waals surface area contributed by atoms with Crippen LogP contribution < -0.4 is 9.80 Å². The third-order valence-electron chi connectivity index (χ3n) is 4.66. The summed E-state index contributed by atoms with van der Waals surface area (Å²) in [6.45, 7) is 4.40. The molecule has 2 aliphatic rings. The minimum atomic E-state index is -0.396. The molecule has 134 valence electrons. The van der Waals surface area contributed by atoms with Gasteiger partial charge in [0.15, 0.2) is 6.04 Å². The van der Waals surface area contributed by atoms with E-state index in [4.69, 9.17) is 16.3 Å². The molecule has 8 heteroatoms. The zero-order valence-corrected chi connectivity index (χ0v) is 14.8. The van der Waals surface area contributed by atoms with E-state index in [1.54, 1.807) is 36.1 Å². The third kappa shape index (κ3) is 3.62. The Bertz CT molecular complexity index is 671. The second-order valence-electron chi connectivity index (χ2n) is 6.14. The van der Waals surface area contributed by atoms with E-state index >= 15 is 0 Å². The molecule has 7 nitrogen and oxygen atoms in total. The Hall–Kier alpha value is -2.12. The van der Waals surface area contributed by atoms with Crippen LogP contribution in [-0.2, 0) is 14.3 Å². The van der Waals surface area contributed by atoms with E-state index in [1.807, 2.05) is 0 Å². The molecule has 1 aromatic rings. The van der Waals surface area contributed by atoms with Gasteiger partial charge in [-0.25, -0.2) is 9.69 Å². The molecule has 0 aromatic heterocycles. The molecule has 1 atom stereocenters. The number of anilines is 1. The fraction of sp³-hybridized carbons (Fsp3) is 0.471. The molecule has 0 spiro atoms. The minimum absolute atomic E-state index is 0.188. The number of nitrogens with zero attached hydrogens (tertiary/aromatic N) is 2. The summed E-state index contributed by atoms with van der Waals surface area (Å²) in [5.41, 5.74) is 0.548. The first-order chi connectivity index (χ1) is 12.0. The van der Waals surface area contributed by atoms with Crippen LogP contribution in [-0.4, -0.2) is 61.6 Å². The highest BCUT2D eigenvalue weighted by Gasteiger charge is 2.46. The molecule has 1 N–H and O–H groups in total. The Balaban J connectivity index is 1.65. The average Bonchev–Trinajstić information content (AvgIpc) is 2.91. The maximum Gasteiger partial charge on any atom is 0.410 e. The van der Waals surface area contributed by atoms with E-state index in [1.165, 1.54) is 4.90 Å². The van der Waals surface area contributed by atoms with Crippen molar-refractivity contribution in [3.05, 3.63) is 29.3 Å². The van der Waals surface area contributed by atoms with Gasteiger partial charge in [0, 0.05) is 5.02 Å². The van der Waals surface area contributed by atoms with Crippen molar-refractivity contribution >= 4 is 35.2 Å². The largest absolute Gasteiger partial charge is 0.450 e. The highest BCUT2D eigenvalue weighted by Crippen LogP contribution is 2.23. The molecule has 1 aromatic carbocycles. The number of hydrogen-bond acceptors (Lipinski definition) is 4. The summed E-state index contributed by atoms with van der Waals surface area (Å²) in [6.07, 6.45) is -0.130. The predicted octanol–water partition coefficient (Wildman–Crippen LogP) is 0.329. The zero-order chi connectivity index (χ0) is 18.0. The Morgan fingerprint density at radius 3 is 2.48 bits per heavy atom. The predicted molar refractivity (Wildman–Crippen MR) is 91.6 cm³/mol. The van der Waals surface area contributed by atoms with E-state index < -0.39 is 6.04 Å². The molecule has 2 aliphatic heterocycles. The SMILES string of the molecule is CCOC(=O)N1CC[NH+]([C@H]2CC(=O)N(c3ccc(Cl)cc3)C2=O)CC1. The molecule has 0 radical (unpaired) electrons. The van der Waals surface area contributed by atoms with Crippen molar-refractivity contribution in [1.29, 1.82) is 0 Å². The lowest BCUT2D eigenvalue weighted by molar-refractivity contribution is -0.918. The summed E-state index contributed by atoms with van der Waals surface area (Å²) in [6, 6.07) is 6.28. The Labute approximate surface area is 151 Å². The van der Waals surface area contributed by atoms with Crippen LogP contribution in [0.1, 0.15) is 13.3 Å². The van der Waals surface area contributed by atoms with E-state index in [2.05, 4.69) is 0 Å². The highest BCUT2D eigenvalue weighted by atomic mass is 35.5. The van der Waals surface area contributed by atoms with Crippen molar-refractivity contribution in [2.24, 2.45) is 0 Å². The summed E-state index contributed by atoms with van der Waals surface area (Å²) < 4.78 is 5.00. The van der Waals surface area contributed by atoms with E-state index in [-0.39, 0.29) is 24.3 Å². The number of nitrogens with one attached hydrogen (secondary N) is 1. The number of halogens is 1. The van der Waals surface area contributed by atoms with Gasteiger partial charge in [0.05, 0.1) is 44.9 Å². The van der Waals surface area contributed by atoms with Crippen molar-refractivity contribution in [1.82, 2.24) is 4.90 Å². The molecule has 0 unspecified atom stereocenters. The molecule has 3 rings (SSSR count). The van der Waals surface area contributed by atoms with Crippen molar-refractivity contribution in [2.45, 2.75) is 19.4 Å². The summed E-state index contributed by atoms with van der Waals surface area (Å²) in [5, 5.41) is 0.556. The topological polar surface area (TPSA) is 71.4 Å². The van der Waals surface area contributed by atoms with Crippen LogP contribution in [0.25, 0.3) is 0 Å². The maximum absolute atomic E-state index is 12.8. The van der Waals surface area contributed by atoms with Crippen LogP contribution in [0.15, 0.2) is 24.3 Å². The van der Waals surface area contributed by atoms with Crippen molar-refractivity contribution < 1.29 is 24.0 Å². The van der Waals surface area contributed by atoms with Gasteiger partial charge in [-0.1, -0.05) is 11.6 Å². The number of rotatable bonds is 3. The number of amides is 3. The number of benzene rings is 1. The fourth-order valence-electron chi connectivity index (χ4n) is 3.35. The lowest BCUT2D eigenvalue weighted by Crippen LogP contribution is -3.19. The summed E-state index contributed by atoms with van der Waals surface area (Å²) in [5.74, 6) is -0.385. The van der Waals surface area contributed by atoms with Gasteiger partial charge in [0.25, 0.3) is 5.91 Å². The Morgan fingerprint density at radius 1 is 1.24 bits per heavy atom. The smallest absolute Gasteiger partial charge is 0.410 e. The minimum Gasteiger partial charge on any atom is -0.450 e. The van der Waals surface area contributed by atoms with Crippen molar-refractivity contribution in [2.75, 3.05) is 37.7 Å². The standard InChI is InChI=1S/C17H20ClN3O4/c1-2-25-17(24)20-9-7-19(8-10-20)14-11-15(22)21(16(14)23)13-5-3-12(18)4-6-13/h3-6,14H,2,7-11H2,1H3/p+1/t14-/m0/s1. The molecule has 2 heterocycles. The molecular formula is C17H21ClN3O4+. The second kappa shape index (κ2) is 7.41. The van der Waals surface area contributed by atoms with Crippen LogP contribution in [0.2, 0.25) is 5.02 Å². The van der Waals surface area contributed by atoms with Gasteiger partial charge in [-0.05, 0) is 31.2 Å². The fourth-order valence-corrected chi connectivity index (χ4v) is 3.48. The number of hydrogen-bond donors (Lipinski definition) is 1. The molecule has 0 saturated carbocycles. The molecule has 3 amide bonds. The maximum atomic E-state index is 12.8. The summed E-state index contributed by atoms with van der Waals surface area (Å²) in [4.78, 5) is 40.8.